The smallest absolute Gasteiger partial charge is 0.292 e. The number of carbonyl (C=O) groups is 1. The van der Waals surface area contributed by atoms with Gasteiger partial charge in [0, 0.05) is 11.5 Å². The summed E-state index contributed by atoms with van der Waals surface area (Å²) in [6.07, 6.45) is 0. The van der Waals surface area contributed by atoms with Gasteiger partial charge in [-0.25, -0.2) is 9.07 Å². The Bertz CT molecular complexity index is 907. The predicted molar refractivity (Wildman–Crippen MR) is 96.6 cm³/mol. The summed E-state index contributed by atoms with van der Waals surface area (Å²) >= 11 is 3.17. The molecule has 0 unspecified atom stereocenters. The number of amides is 1. The highest BCUT2D eigenvalue weighted by atomic mass is 79.9. The Kier molecular flexibility index (Phi) is 4.51. The van der Waals surface area contributed by atoms with E-state index in [-0.39, 0.29) is 17.0 Å². The lowest BCUT2D eigenvalue weighted by Gasteiger charge is -2.14. The van der Waals surface area contributed by atoms with E-state index in [0.717, 1.165) is 5.69 Å². The lowest BCUT2D eigenvalue weighted by molar-refractivity contribution is 0.0994. The van der Waals surface area contributed by atoms with Crippen LogP contribution in [0.2, 0.25) is 0 Å². The van der Waals surface area contributed by atoms with E-state index < -0.39 is 5.91 Å². The number of hydrogen-bond acceptors (Lipinski definition) is 3. The fourth-order valence-electron chi connectivity index (χ4n) is 2.23. The first-order chi connectivity index (χ1) is 11.7. The molecule has 0 spiro atoms. The van der Waals surface area contributed by atoms with Gasteiger partial charge in [0.1, 0.15) is 11.6 Å². The van der Waals surface area contributed by atoms with Crippen molar-refractivity contribution in [3.05, 3.63) is 64.4 Å². The van der Waals surface area contributed by atoms with Crippen molar-refractivity contribution in [2.45, 2.75) is 26.2 Å². The van der Waals surface area contributed by atoms with E-state index in [1.165, 1.54) is 12.1 Å². The summed E-state index contributed by atoms with van der Waals surface area (Å²) < 4.78 is 20.5. The number of benzene rings is 1. The van der Waals surface area contributed by atoms with E-state index in [1.54, 1.807) is 35.0 Å². The quantitative estimate of drug-likeness (QED) is 0.672. The molecule has 1 amide bonds. The van der Waals surface area contributed by atoms with Gasteiger partial charge in [0.05, 0.1) is 11.4 Å². The second kappa shape index (κ2) is 6.48. The van der Waals surface area contributed by atoms with E-state index in [9.17, 15) is 9.18 Å². The van der Waals surface area contributed by atoms with Gasteiger partial charge >= 0.3 is 0 Å². The molecule has 0 radical (unpaired) electrons. The average molecular weight is 406 g/mol. The Labute approximate surface area is 153 Å². The number of rotatable bonds is 3. The minimum atomic E-state index is -0.394. The Balaban J connectivity index is 2.00. The van der Waals surface area contributed by atoms with E-state index in [4.69, 9.17) is 4.42 Å². The second-order valence-electron chi connectivity index (χ2n) is 6.61. The average Bonchev–Trinajstić information content (AvgIpc) is 3.14. The number of hydrogen-bond donors (Lipinski definition) is 1. The number of aromatic nitrogens is 2. The molecule has 3 rings (SSSR count). The molecule has 1 N–H and O–H groups in total. The molecular formula is C18H17BrFN3O2. The van der Waals surface area contributed by atoms with Crippen LogP contribution in [0.1, 0.15) is 37.0 Å². The zero-order valence-corrected chi connectivity index (χ0v) is 15.6. The van der Waals surface area contributed by atoms with Gasteiger partial charge in [-0.1, -0.05) is 20.8 Å². The molecular weight excluding hydrogens is 389 g/mol. The van der Waals surface area contributed by atoms with Gasteiger partial charge in [-0.3, -0.25) is 4.79 Å². The molecule has 0 aliphatic carbocycles. The van der Waals surface area contributed by atoms with Crippen molar-refractivity contribution in [3.63, 3.8) is 0 Å². The van der Waals surface area contributed by atoms with Gasteiger partial charge in [0.2, 0.25) is 0 Å². The number of anilines is 1. The molecule has 5 nitrogen and oxygen atoms in total. The van der Waals surface area contributed by atoms with Gasteiger partial charge in [0.15, 0.2) is 10.4 Å². The molecule has 0 saturated carbocycles. The summed E-state index contributed by atoms with van der Waals surface area (Å²) in [6.45, 7) is 6.08. The molecule has 1 aromatic carbocycles. The van der Waals surface area contributed by atoms with Crippen LogP contribution in [0.25, 0.3) is 5.69 Å². The van der Waals surface area contributed by atoms with E-state index in [0.29, 0.717) is 16.2 Å². The molecule has 130 valence electrons. The first-order valence-electron chi connectivity index (χ1n) is 7.67. The molecule has 7 heteroatoms. The van der Waals surface area contributed by atoms with Crippen LogP contribution < -0.4 is 5.32 Å². The Morgan fingerprint density at radius 2 is 1.88 bits per heavy atom. The Hall–Kier alpha value is -2.41. The third-order valence-electron chi connectivity index (χ3n) is 3.59. The third kappa shape index (κ3) is 3.82. The Morgan fingerprint density at radius 1 is 1.20 bits per heavy atom. The SMILES string of the molecule is CC(C)(C)c1cc(NC(=O)c2ccc(Br)o2)n(-c2ccc(F)cc2)n1. The predicted octanol–water partition coefficient (Wildman–Crippen LogP) is 4.92. The van der Waals surface area contributed by atoms with Crippen molar-refractivity contribution in [3.8, 4) is 5.69 Å². The van der Waals surface area contributed by atoms with E-state index in [1.807, 2.05) is 20.8 Å². The zero-order chi connectivity index (χ0) is 18.2. The summed E-state index contributed by atoms with van der Waals surface area (Å²) in [5.41, 5.74) is 1.24. The van der Waals surface area contributed by atoms with Crippen molar-refractivity contribution < 1.29 is 13.6 Å². The van der Waals surface area contributed by atoms with Crippen LogP contribution in [0.4, 0.5) is 10.2 Å². The van der Waals surface area contributed by atoms with Crippen LogP contribution in [-0.2, 0) is 5.41 Å². The standard InChI is InChI=1S/C18H17BrFN3O2/c1-18(2,3)14-10-16(21-17(24)13-8-9-15(19)25-13)23(22-14)12-6-4-11(20)5-7-12/h4-10H,1-3H3,(H,21,24). The molecule has 2 aromatic heterocycles. The first-order valence-corrected chi connectivity index (χ1v) is 8.46. The molecule has 25 heavy (non-hydrogen) atoms. The fourth-order valence-corrected chi connectivity index (χ4v) is 2.54. The number of furan rings is 1. The van der Waals surface area contributed by atoms with Crippen LogP contribution >= 0.6 is 15.9 Å². The Morgan fingerprint density at radius 3 is 2.44 bits per heavy atom. The molecule has 2 heterocycles. The van der Waals surface area contributed by atoms with E-state index in [2.05, 4.69) is 26.3 Å². The van der Waals surface area contributed by atoms with Crippen LogP contribution in [-0.4, -0.2) is 15.7 Å². The summed E-state index contributed by atoms with van der Waals surface area (Å²) in [5.74, 6) is -0.0718. The normalized spacial score (nSPS) is 11.6. The molecule has 0 fully saturated rings. The lowest BCUT2D eigenvalue weighted by Crippen LogP contribution is -2.14. The molecule has 0 bridgehead atoms. The highest BCUT2D eigenvalue weighted by molar-refractivity contribution is 9.10. The van der Waals surface area contributed by atoms with Crippen molar-refractivity contribution in [2.75, 3.05) is 5.32 Å². The topological polar surface area (TPSA) is 60.1 Å². The van der Waals surface area contributed by atoms with Crippen molar-refractivity contribution in [2.24, 2.45) is 0 Å². The van der Waals surface area contributed by atoms with Crippen LogP contribution in [0.15, 0.2) is 51.6 Å². The summed E-state index contributed by atoms with van der Waals surface area (Å²) in [7, 11) is 0. The van der Waals surface area contributed by atoms with Crippen molar-refractivity contribution >= 4 is 27.7 Å². The van der Waals surface area contributed by atoms with Gasteiger partial charge in [-0.15, -0.1) is 0 Å². The molecule has 0 aliphatic rings. The maximum atomic E-state index is 13.2. The molecule has 0 atom stereocenters. The fraction of sp³-hybridized carbons (Fsp3) is 0.222. The minimum Gasteiger partial charge on any atom is -0.444 e. The number of halogens is 2. The van der Waals surface area contributed by atoms with Crippen molar-refractivity contribution in [1.82, 2.24) is 9.78 Å². The lowest BCUT2D eigenvalue weighted by atomic mass is 9.92. The van der Waals surface area contributed by atoms with Crippen LogP contribution in [0, 0.1) is 5.82 Å². The monoisotopic (exact) mass is 405 g/mol. The maximum Gasteiger partial charge on any atom is 0.292 e. The van der Waals surface area contributed by atoms with Crippen molar-refractivity contribution in [1.29, 1.82) is 0 Å². The second-order valence-corrected chi connectivity index (χ2v) is 7.39. The highest BCUT2D eigenvalue weighted by Crippen LogP contribution is 2.27. The number of nitrogens with zero attached hydrogens (tertiary/aromatic N) is 2. The van der Waals surface area contributed by atoms with Gasteiger partial charge in [-0.05, 0) is 52.3 Å². The van der Waals surface area contributed by atoms with Crippen LogP contribution in [0.3, 0.4) is 0 Å². The number of carbonyl (C=O) groups excluding carboxylic acids is 1. The van der Waals surface area contributed by atoms with Gasteiger partial charge in [0.25, 0.3) is 5.91 Å². The largest absolute Gasteiger partial charge is 0.444 e. The molecule has 3 aromatic rings. The molecule has 0 aliphatic heterocycles. The molecule has 0 saturated heterocycles. The third-order valence-corrected chi connectivity index (χ3v) is 4.01. The van der Waals surface area contributed by atoms with Crippen LogP contribution in [0.5, 0.6) is 0 Å². The summed E-state index contributed by atoms with van der Waals surface area (Å²) in [6, 6.07) is 10.9. The van der Waals surface area contributed by atoms with Gasteiger partial charge in [-0.2, -0.15) is 5.10 Å². The summed E-state index contributed by atoms with van der Waals surface area (Å²) in [4.78, 5) is 12.4. The zero-order valence-electron chi connectivity index (χ0n) is 14.0. The highest BCUT2D eigenvalue weighted by Gasteiger charge is 2.22. The minimum absolute atomic E-state index is 0.177. The first kappa shape index (κ1) is 17.4. The van der Waals surface area contributed by atoms with E-state index >= 15 is 0 Å². The maximum absolute atomic E-state index is 13.2. The van der Waals surface area contributed by atoms with Gasteiger partial charge < -0.3 is 9.73 Å². The summed E-state index contributed by atoms with van der Waals surface area (Å²) in [5, 5.41) is 7.37. The number of nitrogens with one attached hydrogen (secondary N) is 1.